The molecule has 4 rings (SSSR count). The number of hydrogen-bond donors (Lipinski definition) is 1. The van der Waals surface area contributed by atoms with Crippen LogP contribution in [0, 0.1) is 11.3 Å². The molecule has 10 heteroatoms. The van der Waals surface area contributed by atoms with Gasteiger partial charge >= 0.3 is 6.36 Å². The molecule has 31 heavy (non-hydrogen) atoms. The van der Waals surface area contributed by atoms with E-state index in [1.807, 2.05) is 11.0 Å². The summed E-state index contributed by atoms with van der Waals surface area (Å²) < 4.78 is 46.2. The van der Waals surface area contributed by atoms with Gasteiger partial charge in [-0.25, -0.2) is 0 Å². The van der Waals surface area contributed by atoms with Gasteiger partial charge in [-0.05, 0) is 48.4 Å². The molecule has 0 amide bonds. The standard InChI is InChI=1S/C21H17F3N4O3/c22-21(23,24)30-17-6-4-15(5-7-17)19-26-20(31-27-19)18-9-16(29)12-28(18)11-14-3-1-2-13(8-14)10-25/h1-8,16,18,29H,9,11-12H2. The third-order valence-corrected chi connectivity index (χ3v) is 4.90. The average Bonchev–Trinajstić information content (AvgIpc) is 3.34. The third-order valence-electron chi connectivity index (χ3n) is 4.90. The lowest BCUT2D eigenvalue weighted by molar-refractivity contribution is -0.274. The van der Waals surface area contributed by atoms with Crippen LogP contribution >= 0.6 is 0 Å². The van der Waals surface area contributed by atoms with Crippen molar-refractivity contribution in [2.45, 2.75) is 31.5 Å². The maximum atomic E-state index is 12.3. The Morgan fingerprint density at radius 2 is 2.00 bits per heavy atom. The van der Waals surface area contributed by atoms with E-state index in [1.165, 1.54) is 24.3 Å². The Hall–Kier alpha value is -3.42. The summed E-state index contributed by atoms with van der Waals surface area (Å²) in [6.07, 6.45) is -4.93. The highest BCUT2D eigenvalue weighted by atomic mass is 19.4. The number of ether oxygens (including phenoxy) is 1. The van der Waals surface area contributed by atoms with Gasteiger partial charge in [0.25, 0.3) is 0 Å². The lowest BCUT2D eigenvalue weighted by atomic mass is 10.1. The number of likely N-dealkylation sites (tertiary alicyclic amines) is 1. The minimum Gasteiger partial charge on any atom is -0.406 e. The molecule has 1 aliphatic heterocycles. The predicted molar refractivity (Wildman–Crippen MR) is 101 cm³/mol. The summed E-state index contributed by atoms with van der Waals surface area (Å²) in [4.78, 5) is 6.37. The highest BCUT2D eigenvalue weighted by molar-refractivity contribution is 5.55. The van der Waals surface area contributed by atoms with E-state index in [1.54, 1.807) is 18.2 Å². The first kappa shape index (κ1) is 20.8. The van der Waals surface area contributed by atoms with Crippen LogP contribution in [0.1, 0.15) is 29.5 Å². The van der Waals surface area contributed by atoms with E-state index in [0.717, 1.165) is 5.56 Å². The quantitative estimate of drug-likeness (QED) is 0.658. The highest BCUT2D eigenvalue weighted by Gasteiger charge is 2.36. The van der Waals surface area contributed by atoms with Gasteiger partial charge in [-0.2, -0.15) is 10.2 Å². The van der Waals surface area contributed by atoms with Crippen molar-refractivity contribution >= 4 is 0 Å². The van der Waals surface area contributed by atoms with Gasteiger partial charge in [0.05, 0.1) is 23.8 Å². The van der Waals surface area contributed by atoms with Gasteiger partial charge in [0.15, 0.2) is 0 Å². The maximum Gasteiger partial charge on any atom is 0.573 e. The zero-order valence-electron chi connectivity index (χ0n) is 16.1. The molecule has 0 radical (unpaired) electrons. The summed E-state index contributed by atoms with van der Waals surface area (Å²) in [5.41, 5.74) is 1.93. The second-order valence-corrected chi connectivity index (χ2v) is 7.18. The van der Waals surface area contributed by atoms with Crippen LogP contribution in [0.3, 0.4) is 0 Å². The molecule has 1 aliphatic rings. The molecule has 1 fully saturated rings. The fourth-order valence-corrected chi connectivity index (χ4v) is 3.58. The molecule has 0 bridgehead atoms. The van der Waals surface area contributed by atoms with E-state index >= 15 is 0 Å². The van der Waals surface area contributed by atoms with Crippen molar-refractivity contribution in [3.8, 4) is 23.2 Å². The van der Waals surface area contributed by atoms with Crippen LogP contribution in [0.4, 0.5) is 13.2 Å². The SMILES string of the molecule is N#Cc1cccc(CN2CC(O)CC2c2nc(-c3ccc(OC(F)(F)F)cc3)no2)c1. The Labute approximate surface area is 175 Å². The molecule has 2 heterocycles. The number of nitrogens with zero attached hydrogens (tertiary/aromatic N) is 4. The average molecular weight is 430 g/mol. The summed E-state index contributed by atoms with van der Waals surface area (Å²) in [5, 5.41) is 23.2. The van der Waals surface area contributed by atoms with Crippen molar-refractivity contribution < 1.29 is 27.5 Å². The van der Waals surface area contributed by atoms with Crippen LogP contribution in [0.2, 0.25) is 0 Å². The molecule has 1 saturated heterocycles. The van der Waals surface area contributed by atoms with Crippen molar-refractivity contribution in [1.29, 1.82) is 5.26 Å². The molecule has 2 atom stereocenters. The van der Waals surface area contributed by atoms with Crippen LogP contribution in [0.5, 0.6) is 5.75 Å². The van der Waals surface area contributed by atoms with E-state index in [2.05, 4.69) is 20.9 Å². The molecule has 0 aliphatic carbocycles. The van der Waals surface area contributed by atoms with Crippen molar-refractivity contribution in [3.63, 3.8) is 0 Å². The lowest BCUT2D eigenvalue weighted by Gasteiger charge is -2.21. The molecular formula is C21H17F3N4O3. The topological polar surface area (TPSA) is 95.4 Å². The van der Waals surface area contributed by atoms with E-state index < -0.39 is 12.5 Å². The molecule has 0 spiro atoms. The molecule has 1 aromatic heterocycles. The first-order valence-electron chi connectivity index (χ1n) is 9.41. The normalized spacial score (nSPS) is 19.3. The van der Waals surface area contributed by atoms with Crippen LogP contribution in [-0.2, 0) is 6.54 Å². The predicted octanol–water partition coefficient (Wildman–Crippen LogP) is 3.81. The Balaban J connectivity index is 1.51. The van der Waals surface area contributed by atoms with Gasteiger partial charge in [-0.15, -0.1) is 13.2 Å². The van der Waals surface area contributed by atoms with E-state index in [0.29, 0.717) is 36.5 Å². The summed E-state index contributed by atoms with van der Waals surface area (Å²) in [6, 6.07) is 14.1. The smallest absolute Gasteiger partial charge is 0.406 e. The number of aromatic nitrogens is 2. The first-order chi connectivity index (χ1) is 14.8. The van der Waals surface area contributed by atoms with Gasteiger partial charge in [-0.1, -0.05) is 17.3 Å². The monoisotopic (exact) mass is 430 g/mol. The van der Waals surface area contributed by atoms with Crippen LogP contribution in [0.25, 0.3) is 11.4 Å². The first-order valence-corrected chi connectivity index (χ1v) is 9.41. The Morgan fingerprint density at radius 1 is 1.23 bits per heavy atom. The number of aliphatic hydroxyl groups is 1. The second-order valence-electron chi connectivity index (χ2n) is 7.18. The summed E-state index contributed by atoms with van der Waals surface area (Å²) in [5.74, 6) is 0.185. The summed E-state index contributed by atoms with van der Waals surface area (Å²) in [6.45, 7) is 0.890. The maximum absolute atomic E-state index is 12.3. The largest absolute Gasteiger partial charge is 0.573 e. The second kappa shape index (κ2) is 8.37. The van der Waals surface area contributed by atoms with Crippen molar-refractivity contribution in [1.82, 2.24) is 15.0 Å². The third kappa shape index (κ3) is 5.02. The number of hydrogen-bond acceptors (Lipinski definition) is 7. The van der Waals surface area contributed by atoms with Crippen LogP contribution < -0.4 is 4.74 Å². The van der Waals surface area contributed by atoms with Gasteiger partial charge < -0.3 is 14.4 Å². The molecule has 0 saturated carbocycles. The number of aliphatic hydroxyl groups excluding tert-OH is 1. The Kier molecular flexibility index (Phi) is 5.63. The molecule has 2 aromatic carbocycles. The number of alkyl halides is 3. The van der Waals surface area contributed by atoms with Crippen molar-refractivity contribution in [3.05, 3.63) is 65.5 Å². The minimum atomic E-state index is -4.76. The summed E-state index contributed by atoms with van der Waals surface area (Å²) >= 11 is 0. The number of rotatable bonds is 5. The highest BCUT2D eigenvalue weighted by Crippen LogP contribution is 2.34. The van der Waals surface area contributed by atoms with E-state index in [-0.39, 0.29) is 17.6 Å². The molecule has 7 nitrogen and oxygen atoms in total. The number of benzene rings is 2. The van der Waals surface area contributed by atoms with Crippen LogP contribution in [-0.4, -0.2) is 39.2 Å². The lowest BCUT2D eigenvalue weighted by Crippen LogP contribution is -2.24. The fraction of sp³-hybridized carbons (Fsp3) is 0.286. The number of nitriles is 1. The van der Waals surface area contributed by atoms with E-state index in [9.17, 15) is 18.3 Å². The summed E-state index contributed by atoms with van der Waals surface area (Å²) in [7, 11) is 0. The van der Waals surface area contributed by atoms with Gasteiger partial charge in [0.1, 0.15) is 5.75 Å². The van der Waals surface area contributed by atoms with Crippen molar-refractivity contribution in [2.24, 2.45) is 0 Å². The number of halogens is 3. The van der Waals surface area contributed by atoms with Crippen LogP contribution in [0.15, 0.2) is 53.1 Å². The molecular weight excluding hydrogens is 413 g/mol. The Bertz CT molecular complexity index is 1090. The molecule has 3 aromatic rings. The van der Waals surface area contributed by atoms with Gasteiger partial charge in [0.2, 0.25) is 11.7 Å². The fourth-order valence-electron chi connectivity index (χ4n) is 3.58. The molecule has 1 N–H and O–H groups in total. The van der Waals surface area contributed by atoms with Crippen molar-refractivity contribution in [2.75, 3.05) is 6.54 Å². The van der Waals surface area contributed by atoms with E-state index in [4.69, 9.17) is 9.78 Å². The zero-order valence-corrected chi connectivity index (χ0v) is 16.1. The van der Waals surface area contributed by atoms with Gasteiger partial charge in [0, 0.05) is 18.7 Å². The molecule has 2 unspecified atom stereocenters. The molecule has 160 valence electrons. The zero-order chi connectivity index (χ0) is 22.0. The Morgan fingerprint density at radius 3 is 2.71 bits per heavy atom. The van der Waals surface area contributed by atoms with Gasteiger partial charge in [-0.3, -0.25) is 4.90 Å². The minimum absolute atomic E-state index is 0.223. The number of β-amino-alcohol motifs (C(OH)–C–C–N with tert-alkyl or cyclic N) is 1.